The molecule has 1 atom stereocenters. The van der Waals surface area contributed by atoms with Gasteiger partial charge in [0.2, 0.25) is 0 Å². The van der Waals surface area contributed by atoms with Gasteiger partial charge in [-0.3, -0.25) is 4.90 Å². The van der Waals surface area contributed by atoms with Crippen molar-refractivity contribution in [3.63, 3.8) is 0 Å². The average Bonchev–Trinajstić information content (AvgIpc) is 2.81. The molecule has 3 rings (SSSR count). The van der Waals surface area contributed by atoms with Gasteiger partial charge in [-0.2, -0.15) is 0 Å². The highest BCUT2D eigenvalue weighted by atomic mass is 16.3. The quantitative estimate of drug-likeness (QED) is 0.899. The predicted octanol–water partition coefficient (Wildman–Crippen LogP) is 2.62. The van der Waals surface area contributed by atoms with Crippen molar-refractivity contribution in [2.45, 2.75) is 25.4 Å². The van der Waals surface area contributed by atoms with Gasteiger partial charge in [0.25, 0.3) is 0 Å². The molecule has 1 saturated heterocycles. The monoisotopic (exact) mass is 244 g/mol. The number of likely N-dealkylation sites (tertiary alicyclic amines) is 1. The lowest BCUT2D eigenvalue weighted by Gasteiger charge is -2.31. The van der Waals surface area contributed by atoms with Gasteiger partial charge in [-0.15, -0.1) is 0 Å². The number of benzene rings is 1. The second-order valence-corrected chi connectivity index (χ2v) is 5.11. The van der Waals surface area contributed by atoms with Crippen LogP contribution in [0.3, 0.4) is 0 Å². The third-order valence-corrected chi connectivity index (χ3v) is 3.77. The highest BCUT2D eigenvalue weighted by molar-refractivity contribution is 5.77. The molecule has 3 heteroatoms. The maximum atomic E-state index is 5.88. The second-order valence-electron chi connectivity index (χ2n) is 5.11. The Bertz CT molecular complexity index is 487. The van der Waals surface area contributed by atoms with Crippen molar-refractivity contribution in [3.05, 3.63) is 36.1 Å². The SMILES string of the molecule is CNC1CCCN(Cc2cc3ccccc3o2)C1. The summed E-state index contributed by atoms with van der Waals surface area (Å²) in [6.07, 6.45) is 2.55. The fraction of sp³-hybridized carbons (Fsp3) is 0.467. The van der Waals surface area contributed by atoms with Crippen LogP contribution in [0.15, 0.2) is 34.7 Å². The van der Waals surface area contributed by atoms with Crippen LogP contribution < -0.4 is 5.32 Å². The first kappa shape index (κ1) is 11.8. The molecule has 1 fully saturated rings. The Hall–Kier alpha value is -1.32. The number of piperidine rings is 1. The van der Waals surface area contributed by atoms with E-state index >= 15 is 0 Å². The summed E-state index contributed by atoms with van der Waals surface area (Å²) in [5.41, 5.74) is 0.995. The normalized spacial score (nSPS) is 21.5. The summed E-state index contributed by atoms with van der Waals surface area (Å²) in [4.78, 5) is 2.47. The Morgan fingerprint density at radius 2 is 2.28 bits per heavy atom. The van der Waals surface area contributed by atoms with Gasteiger partial charge in [0.05, 0.1) is 6.54 Å². The number of furan rings is 1. The Labute approximate surface area is 108 Å². The lowest BCUT2D eigenvalue weighted by Crippen LogP contribution is -2.43. The van der Waals surface area contributed by atoms with Crippen LogP contribution in [0.1, 0.15) is 18.6 Å². The van der Waals surface area contributed by atoms with Crippen molar-refractivity contribution in [2.24, 2.45) is 0 Å². The molecule has 1 aliphatic rings. The molecule has 18 heavy (non-hydrogen) atoms. The summed E-state index contributed by atoms with van der Waals surface area (Å²) in [7, 11) is 2.05. The van der Waals surface area contributed by atoms with E-state index in [0.717, 1.165) is 24.4 Å². The Morgan fingerprint density at radius 1 is 1.39 bits per heavy atom. The fourth-order valence-corrected chi connectivity index (χ4v) is 2.77. The van der Waals surface area contributed by atoms with Crippen LogP contribution in [-0.2, 0) is 6.54 Å². The van der Waals surface area contributed by atoms with Crippen LogP contribution in [0.25, 0.3) is 11.0 Å². The topological polar surface area (TPSA) is 28.4 Å². The maximum absolute atomic E-state index is 5.88. The number of fused-ring (bicyclic) bond motifs is 1. The summed E-state index contributed by atoms with van der Waals surface area (Å²) in [5, 5.41) is 4.58. The van der Waals surface area contributed by atoms with Gasteiger partial charge in [0, 0.05) is 18.0 Å². The zero-order chi connectivity index (χ0) is 12.4. The maximum Gasteiger partial charge on any atom is 0.134 e. The van der Waals surface area contributed by atoms with Crippen LogP contribution in [0.2, 0.25) is 0 Å². The number of nitrogens with zero attached hydrogens (tertiary/aromatic N) is 1. The van der Waals surface area contributed by atoms with E-state index in [1.165, 1.54) is 24.8 Å². The molecule has 0 saturated carbocycles. The molecule has 1 aromatic heterocycles. The molecule has 0 radical (unpaired) electrons. The lowest BCUT2D eigenvalue weighted by molar-refractivity contribution is 0.177. The molecular weight excluding hydrogens is 224 g/mol. The third kappa shape index (κ3) is 2.42. The number of rotatable bonds is 3. The van der Waals surface area contributed by atoms with Crippen LogP contribution >= 0.6 is 0 Å². The molecule has 0 bridgehead atoms. The van der Waals surface area contributed by atoms with Gasteiger partial charge >= 0.3 is 0 Å². The van der Waals surface area contributed by atoms with Gasteiger partial charge in [0.15, 0.2) is 0 Å². The largest absolute Gasteiger partial charge is 0.460 e. The first-order valence-electron chi connectivity index (χ1n) is 6.72. The lowest BCUT2D eigenvalue weighted by atomic mass is 10.1. The van der Waals surface area contributed by atoms with Crippen molar-refractivity contribution >= 4 is 11.0 Å². The van der Waals surface area contributed by atoms with Gasteiger partial charge in [-0.1, -0.05) is 18.2 Å². The molecule has 1 aromatic carbocycles. The van der Waals surface area contributed by atoms with Crippen molar-refractivity contribution in [1.29, 1.82) is 0 Å². The molecule has 0 spiro atoms. The first-order chi connectivity index (χ1) is 8.85. The molecule has 1 aliphatic heterocycles. The Kier molecular flexibility index (Phi) is 3.35. The number of nitrogens with one attached hydrogen (secondary N) is 1. The Morgan fingerprint density at radius 3 is 3.11 bits per heavy atom. The zero-order valence-electron chi connectivity index (χ0n) is 10.9. The average molecular weight is 244 g/mol. The highest BCUT2D eigenvalue weighted by Crippen LogP contribution is 2.21. The first-order valence-corrected chi connectivity index (χ1v) is 6.72. The van der Waals surface area contributed by atoms with Crippen molar-refractivity contribution in [2.75, 3.05) is 20.1 Å². The van der Waals surface area contributed by atoms with E-state index in [0.29, 0.717) is 6.04 Å². The third-order valence-electron chi connectivity index (χ3n) is 3.77. The van der Waals surface area contributed by atoms with Crippen molar-refractivity contribution < 1.29 is 4.42 Å². The standard InChI is InChI=1S/C15H20N2O/c1-16-13-6-4-8-17(10-13)11-14-9-12-5-2-3-7-15(12)18-14/h2-3,5,7,9,13,16H,4,6,8,10-11H2,1H3. The molecule has 2 aromatic rings. The number of hydrogen-bond donors (Lipinski definition) is 1. The molecule has 1 unspecified atom stereocenters. The molecule has 1 N–H and O–H groups in total. The number of para-hydroxylation sites is 1. The van der Waals surface area contributed by atoms with E-state index in [1.807, 2.05) is 12.1 Å². The Balaban J connectivity index is 1.71. The van der Waals surface area contributed by atoms with Crippen molar-refractivity contribution in [1.82, 2.24) is 10.2 Å². The molecule has 96 valence electrons. The van der Waals surface area contributed by atoms with Crippen LogP contribution in [0.4, 0.5) is 0 Å². The summed E-state index contributed by atoms with van der Waals surface area (Å²) >= 11 is 0. The fourth-order valence-electron chi connectivity index (χ4n) is 2.77. The molecular formula is C15H20N2O. The summed E-state index contributed by atoms with van der Waals surface area (Å²) in [6.45, 7) is 3.22. The summed E-state index contributed by atoms with van der Waals surface area (Å²) < 4.78 is 5.88. The van der Waals surface area contributed by atoms with Crippen LogP contribution in [0, 0.1) is 0 Å². The minimum atomic E-state index is 0.628. The van der Waals surface area contributed by atoms with E-state index in [1.54, 1.807) is 0 Å². The van der Waals surface area contributed by atoms with E-state index < -0.39 is 0 Å². The minimum absolute atomic E-state index is 0.628. The molecule has 0 aliphatic carbocycles. The van der Waals surface area contributed by atoms with Crippen molar-refractivity contribution in [3.8, 4) is 0 Å². The van der Waals surface area contributed by atoms with Crippen LogP contribution in [-0.4, -0.2) is 31.1 Å². The highest BCUT2D eigenvalue weighted by Gasteiger charge is 2.19. The van der Waals surface area contributed by atoms with Gasteiger partial charge < -0.3 is 9.73 Å². The number of hydrogen-bond acceptors (Lipinski definition) is 3. The van der Waals surface area contributed by atoms with E-state index in [9.17, 15) is 0 Å². The van der Waals surface area contributed by atoms with Gasteiger partial charge in [0.1, 0.15) is 11.3 Å². The molecule has 2 heterocycles. The van der Waals surface area contributed by atoms with Crippen LogP contribution in [0.5, 0.6) is 0 Å². The zero-order valence-corrected chi connectivity index (χ0v) is 10.9. The summed E-state index contributed by atoms with van der Waals surface area (Å²) in [6, 6.07) is 11.0. The van der Waals surface area contributed by atoms with Gasteiger partial charge in [-0.05, 0) is 38.6 Å². The predicted molar refractivity (Wildman–Crippen MR) is 73.6 cm³/mol. The molecule has 0 amide bonds. The van der Waals surface area contributed by atoms with E-state index in [4.69, 9.17) is 4.42 Å². The molecule has 3 nitrogen and oxygen atoms in total. The number of likely N-dealkylation sites (N-methyl/N-ethyl adjacent to an activating group) is 1. The second kappa shape index (κ2) is 5.12. The smallest absolute Gasteiger partial charge is 0.134 e. The van der Waals surface area contributed by atoms with E-state index in [2.05, 4.69) is 35.5 Å². The van der Waals surface area contributed by atoms with E-state index in [-0.39, 0.29) is 0 Å². The summed E-state index contributed by atoms with van der Waals surface area (Å²) in [5.74, 6) is 1.08. The van der Waals surface area contributed by atoms with Gasteiger partial charge in [-0.25, -0.2) is 0 Å². The minimum Gasteiger partial charge on any atom is -0.460 e.